The molecule has 4 nitrogen and oxygen atoms in total. The zero-order valence-corrected chi connectivity index (χ0v) is 15.5. The summed E-state index contributed by atoms with van der Waals surface area (Å²) in [6.45, 7) is 6.52. The highest BCUT2D eigenvalue weighted by atomic mass is 79.9. The van der Waals surface area contributed by atoms with Crippen LogP contribution in [0.3, 0.4) is 0 Å². The number of carbonyl (C=O) groups excluding carboxylic acids is 2. The van der Waals surface area contributed by atoms with E-state index in [4.69, 9.17) is 4.74 Å². The lowest BCUT2D eigenvalue weighted by molar-refractivity contribution is -0.143. The van der Waals surface area contributed by atoms with E-state index in [-0.39, 0.29) is 18.4 Å². The van der Waals surface area contributed by atoms with E-state index in [1.54, 1.807) is 19.1 Å². The number of ether oxygens (including phenoxy) is 1. The maximum absolute atomic E-state index is 12.7. The molecule has 0 saturated heterocycles. The Labute approximate surface area is 142 Å². The van der Waals surface area contributed by atoms with E-state index in [9.17, 15) is 9.59 Å². The Bertz CT molecular complexity index is 518. The van der Waals surface area contributed by atoms with Gasteiger partial charge in [-0.1, -0.05) is 29.8 Å². The molecule has 0 bridgehead atoms. The average Bonchev–Trinajstić information content (AvgIpc) is 2.39. The summed E-state index contributed by atoms with van der Waals surface area (Å²) >= 11 is 6.74. The Hall–Kier alpha value is -0.880. The molecule has 1 aromatic carbocycles. The van der Waals surface area contributed by atoms with Crippen molar-refractivity contribution in [1.29, 1.82) is 0 Å². The van der Waals surface area contributed by atoms with E-state index < -0.39 is 5.97 Å². The summed E-state index contributed by atoms with van der Waals surface area (Å²) < 4.78 is 6.46. The van der Waals surface area contributed by atoms with Crippen LogP contribution >= 0.6 is 31.9 Å². The molecule has 0 heterocycles. The van der Waals surface area contributed by atoms with Gasteiger partial charge in [0.2, 0.25) is 0 Å². The van der Waals surface area contributed by atoms with Gasteiger partial charge in [0.05, 0.1) is 12.2 Å². The minimum absolute atomic E-state index is 0.0379. The van der Waals surface area contributed by atoms with Gasteiger partial charge in [0, 0.05) is 15.5 Å². The summed E-state index contributed by atoms with van der Waals surface area (Å²) in [7, 11) is 0. The SMILES string of the molecule is CCOC(=O)CN(CC(C)C)C(=O)c1cc(Br)ccc1Br. The fraction of sp³-hybridized carbons (Fsp3) is 0.467. The molecule has 0 unspecified atom stereocenters. The smallest absolute Gasteiger partial charge is 0.325 e. The number of esters is 1. The van der Waals surface area contributed by atoms with Gasteiger partial charge in [-0.2, -0.15) is 0 Å². The van der Waals surface area contributed by atoms with E-state index >= 15 is 0 Å². The molecule has 1 rings (SSSR count). The number of halogens is 2. The Morgan fingerprint density at radius 1 is 1.29 bits per heavy atom. The zero-order valence-electron chi connectivity index (χ0n) is 12.4. The molecule has 0 aliphatic carbocycles. The predicted molar refractivity (Wildman–Crippen MR) is 89.2 cm³/mol. The minimum Gasteiger partial charge on any atom is -0.465 e. The Morgan fingerprint density at radius 3 is 2.52 bits per heavy atom. The molecule has 116 valence electrons. The van der Waals surface area contributed by atoms with Crippen LogP contribution in [-0.2, 0) is 9.53 Å². The minimum atomic E-state index is -0.391. The summed E-state index contributed by atoms with van der Waals surface area (Å²) in [6.07, 6.45) is 0. The van der Waals surface area contributed by atoms with Crippen LogP contribution in [0.4, 0.5) is 0 Å². The van der Waals surface area contributed by atoms with Crippen molar-refractivity contribution in [3.8, 4) is 0 Å². The second-order valence-electron chi connectivity index (χ2n) is 5.01. The van der Waals surface area contributed by atoms with Crippen molar-refractivity contribution in [1.82, 2.24) is 4.90 Å². The summed E-state index contributed by atoms with van der Waals surface area (Å²) in [5.41, 5.74) is 0.523. The van der Waals surface area contributed by atoms with Gasteiger partial charge in [0.25, 0.3) is 5.91 Å². The maximum atomic E-state index is 12.7. The van der Waals surface area contributed by atoms with E-state index in [0.29, 0.717) is 23.2 Å². The molecular formula is C15H19Br2NO3. The number of carbonyl (C=O) groups is 2. The first-order chi connectivity index (χ1) is 9.85. The highest BCUT2D eigenvalue weighted by Gasteiger charge is 2.22. The van der Waals surface area contributed by atoms with Gasteiger partial charge >= 0.3 is 5.97 Å². The van der Waals surface area contributed by atoms with Crippen LogP contribution in [0.25, 0.3) is 0 Å². The average molecular weight is 421 g/mol. The maximum Gasteiger partial charge on any atom is 0.325 e. The lowest BCUT2D eigenvalue weighted by Crippen LogP contribution is -2.39. The second-order valence-corrected chi connectivity index (χ2v) is 6.78. The molecule has 0 radical (unpaired) electrons. The van der Waals surface area contributed by atoms with E-state index in [1.165, 1.54) is 4.90 Å². The number of amides is 1. The number of hydrogen-bond acceptors (Lipinski definition) is 3. The van der Waals surface area contributed by atoms with Crippen molar-refractivity contribution in [2.24, 2.45) is 5.92 Å². The van der Waals surface area contributed by atoms with Gasteiger partial charge in [0.15, 0.2) is 0 Å². The standard InChI is InChI=1S/C15H19Br2NO3/c1-4-21-14(19)9-18(8-10(2)3)15(20)12-7-11(16)5-6-13(12)17/h5-7,10H,4,8-9H2,1-3H3. The monoisotopic (exact) mass is 419 g/mol. The van der Waals surface area contributed by atoms with Crippen LogP contribution in [0, 0.1) is 5.92 Å². The van der Waals surface area contributed by atoms with Crippen LogP contribution in [0.2, 0.25) is 0 Å². The third-order valence-electron chi connectivity index (χ3n) is 2.66. The summed E-state index contributed by atoms with van der Waals surface area (Å²) in [6, 6.07) is 5.39. The number of nitrogens with zero attached hydrogens (tertiary/aromatic N) is 1. The molecule has 21 heavy (non-hydrogen) atoms. The molecule has 0 saturated carbocycles. The lowest BCUT2D eigenvalue weighted by atomic mass is 10.1. The zero-order chi connectivity index (χ0) is 16.0. The van der Waals surface area contributed by atoms with Gasteiger partial charge in [-0.3, -0.25) is 9.59 Å². The fourth-order valence-corrected chi connectivity index (χ4v) is 2.63. The molecular weight excluding hydrogens is 402 g/mol. The molecule has 0 aliphatic rings. The van der Waals surface area contributed by atoms with E-state index in [0.717, 1.165) is 4.47 Å². The van der Waals surface area contributed by atoms with Crippen molar-refractivity contribution in [3.05, 3.63) is 32.7 Å². The van der Waals surface area contributed by atoms with Crippen molar-refractivity contribution < 1.29 is 14.3 Å². The molecule has 1 amide bonds. The first-order valence-corrected chi connectivity index (χ1v) is 8.33. The van der Waals surface area contributed by atoms with Crippen LogP contribution < -0.4 is 0 Å². The van der Waals surface area contributed by atoms with Crippen LogP contribution in [0.15, 0.2) is 27.1 Å². The van der Waals surface area contributed by atoms with E-state index in [2.05, 4.69) is 31.9 Å². The first-order valence-electron chi connectivity index (χ1n) is 6.75. The first kappa shape index (κ1) is 18.2. The second kappa shape index (κ2) is 8.54. The number of rotatable bonds is 6. The molecule has 1 aromatic rings. The van der Waals surface area contributed by atoms with Crippen molar-refractivity contribution in [2.75, 3.05) is 19.7 Å². The normalized spacial score (nSPS) is 10.6. The number of hydrogen-bond donors (Lipinski definition) is 0. The lowest BCUT2D eigenvalue weighted by Gasteiger charge is -2.24. The van der Waals surface area contributed by atoms with Crippen LogP contribution in [-0.4, -0.2) is 36.5 Å². The summed E-state index contributed by atoms with van der Waals surface area (Å²) in [5.74, 6) is -0.322. The predicted octanol–water partition coefficient (Wildman–Crippen LogP) is 3.87. The third-order valence-corrected chi connectivity index (χ3v) is 3.84. The third kappa shape index (κ3) is 5.79. The molecule has 0 fully saturated rings. The molecule has 0 spiro atoms. The quantitative estimate of drug-likeness (QED) is 0.656. The van der Waals surface area contributed by atoms with Crippen LogP contribution in [0.1, 0.15) is 31.1 Å². The van der Waals surface area contributed by atoms with Crippen LogP contribution in [0.5, 0.6) is 0 Å². The summed E-state index contributed by atoms with van der Waals surface area (Å²) in [4.78, 5) is 25.9. The fourth-order valence-electron chi connectivity index (χ4n) is 1.85. The van der Waals surface area contributed by atoms with Crippen molar-refractivity contribution >= 4 is 43.7 Å². The Kier molecular flexibility index (Phi) is 7.39. The van der Waals surface area contributed by atoms with Gasteiger partial charge in [-0.05, 0) is 47.0 Å². The molecule has 0 aromatic heterocycles. The largest absolute Gasteiger partial charge is 0.465 e. The van der Waals surface area contributed by atoms with Gasteiger partial charge in [0.1, 0.15) is 6.54 Å². The van der Waals surface area contributed by atoms with Gasteiger partial charge < -0.3 is 9.64 Å². The molecule has 6 heteroatoms. The van der Waals surface area contributed by atoms with Gasteiger partial charge in [-0.15, -0.1) is 0 Å². The number of benzene rings is 1. The highest BCUT2D eigenvalue weighted by Crippen LogP contribution is 2.23. The Balaban J connectivity index is 2.98. The highest BCUT2D eigenvalue weighted by molar-refractivity contribution is 9.11. The topological polar surface area (TPSA) is 46.6 Å². The van der Waals surface area contributed by atoms with E-state index in [1.807, 2.05) is 19.9 Å². The molecule has 0 N–H and O–H groups in total. The molecule has 0 atom stereocenters. The molecule has 0 aliphatic heterocycles. The van der Waals surface area contributed by atoms with Crippen molar-refractivity contribution in [3.63, 3.8) is 0 Å². The van der Waals surface area contributed by atoms with Crippen molar-refractivity contribution in [2.45, 2.75) is 20.8 Å². The Morgan fingerprint density at radius 2 is 1.95 bits per heavy atom. The van der Waals surface area contributed by atoms with Gasteiger partial charge in [-0.25, -0.2) is 0 Å². The summed E-state index contributed by atoms with van der Waals surface area (Å²) in [5, 5.41) is 0.